The van der Waals surface area contributed by atoms with Crippen molar-refractivity contribution in [1.82, 2.24) is 0 Å². The highest BCUT2D eigenvalue weighted by Crippen LogP contribution is 2.26. The fourth-order valence-electron chi connectivity index (χ4n) is 1.53. The molecule has 0 saturated carbocycles. The lowest BCUT2D eigenvalue weighted by molar-refractivity contribution is 0.102. The Hall–Kier alpha value is -1.59. The van der Waals surface area contributed by atoms with Crippen LogP contribution in [0.25, 0.3) is 0 Å². The average molecular weight is 344 g/mol. The van der Waals surface area contributed by atoms with Crippen molar-refractivity contribution < 1.29 is 9.18 Å². The van der Waals surface area contributed by atoms with E-state index in [4.69, 9.17) is 17.3 Å². The topological polar surface area (TPSA) is 55.1 Å². The Labute approximate surface area is 122 Å². The number of nitrogens with two attached hydrogens (primary N) is 1. The summed E-state index contributed by atoms with van der Waals surface area (Å²) in [7, 11) is 0. The zero-order valence-corrected chi connectivity index (χ0v) is 11.9. The van der Waals surface area contributed by atoms with Crippen LogP contribution in [0.1, 0.15) is 10.4 Å². The molecular weight excluding hydrogens is 335 g/mol. The van der Waals surface area contributed by atoms with Gasteiger partial charge < -0.3 is 11.1 Å². The largest absolute Gasteiger partial charge is 0.399 e. The monoisotopic (exact) mass is 342 g/mol. The third kappa shape index (κ3) is 3.45. The summed E-state index contributed by atoms with van der Waals surface area (Å²) in [4.78, 5) is 12.0. The molecule has 0 radical (unpaired) electrons. The molecule has 0 aromatic heterocycles. The molecule has 2 aromatic rings. The number of nitrogen functional groups attached to an aromatic ring is 1. The highest BCUT2D eigenvalue weighted by molar-refractivity contribution is 9.10. The van der Waals surface area contributed by atoms with Gasteiger partial charge in [0, 0.05) is 20.7 Å². The van der Waals surface area contributed by atoms with Crippen LogP contribution in [0.4, 0.5) is 15.8 Å². The van der Waals surface area contributed by atoms with E-state index in [0.717, 1.165) is 12.1 Å². The number of carbonyl (C=O) groups is 1. The van der Waals surface area contributed by atoms with Crippen molar-refractivity contribution >= 4 is 44.8 Å². The van der Waals surface area contributed by atoms with Crippen molar-refractivity contribution in [2.45, 2.75) is 0 Å². The third-order valence-electron chi connectivity index (χ3n) is 2.36. The predicted octanol–water partition coefficient (Wildman–Crippen LogP) is 4.08. The summed E-state index contributed by atoms with van der Waals surface area (Å²) < 4.78 is 13.9. The van der Waals surface area contributed by atoms with Crippen LogP contribution < -0.4 is 11.1 Å². The van der Waals surface area contributed by atoms with Gasteiger partial charge in [-0.1, -0.05) is 11.6 Å². The SMILES string of the molecule is Nc1cc(F)cc(C(=O)Nc2cc(Cl)ccc2Br)c1. The maximum atomic E-state index is 13.2. The summed E-state index contributed by atoms with van der Waals surface area (Å²) in [6.45, 7) is 0. The molecule has 2 rings (SSSR count). The number of carbonyl (C=O) groups excluding carboxylic acids is 1. The Morgan fingerprint density at radius 3 is 2.68 bits per heavy atom. The molecule has 3 N–H and O–H groups in total. The Bertz CT molecular complexity index is 628. The highest BCUT2D eigenvalue weighted by atomic mass is 79.9. The number of halogens is 3. The first kappa shape index (κ1) is 13.8. The standard InChI is InChI=1S/C13H9BrClFN2O/c14-11-2-1-8(15)5-12(11)18-13(19)7-3-9(16)6-10(17)4-7/h1-6H,17H2,(H,18,19). The van der Waals surface area contributed by atoms with Crippen molar-refractivity contribution in [2.75, 3.05) is 11.1 Å². The van der Waals surface area contributed by atoms with Gasteiger partial charge in [0.25, 0.3) is 5.91 Å². The van der Waals surface area contributed by atoms with Gasteiger partial charge in [-0.15, -0.1) is 0 Å². The molecule has 0 bridgehead atoms. The van der Waals surface area contributed by atoms with Crippen LogP contribution in [0.3, 0.4) is 0 Å². The van der Waals surface area contributed by atoms with E-state index in [2.05, 4.69) is 21.2 Å². The van der Waals surface area contributed by atoms with Crippen LogP contribution in [0.2, 0.25) is 5.02 Å². The molecule has 0 heterocycles. The summed E-state index contributed by atoms with van der Waals surface area (Å²) in [5.74, 6) is -1.02. The molecule has 0 aliphatic carbocycles. The Balaban J connectivity index is 2.28. The lowest BCUT2D eigenvalue weighted by Gasteiger charge is -2.08. The molecule has 0 spiro atoms. The maximum absolute atomic E-state index is 13.2. The molecule has 0 unspecified atom stereocenters. The van der Waals surface area contributed by atoms with Crippen molar-refractivity contribution in [3.8, 4) is 0 Å². The molecule has 98 valence electrons. The van der Waals surface area contributed by atoms with Crippen LogP contribution in [0.15, 0.2) is 40.9 Å². The molecule has 0 aliphatic rings. The molecule has 6 heteroatoms. The quantitative estimate of drug-likeness (QED) is 0.807. The normalized spacial score (nSPS) is 10.3. The summed E-state index contributed by atoms with van der Waals surface area (Å²) in [6.07, 6.45) is 0. The molecule has 0 fully saturated rings. The second kappa shape index (κ2) is 5.59. The molecule has 0 atom stereocenters. The molecule has 0 aliphatic heterocycles. The van der Waals surface area contributed by atoms with Crippen molar-refractivity contribution in [3.63, 3.8) is 0 Å². The van der Waals surface area contributed by atoms with Gasteiger partial charge in [-0.2, -0.15) is 0 Å². The van der Waals surface area contributed by atoms with Crippen LogP contribution in [-0.2, 0) is 0 Å². The first-order chi connectivity index (χ1) is 8.95. The predicted molar refractivity (Wildman–Crippen MR) is 77.9 cm³/mol. The van der Waals surface area contributed by atoms with Gasteiger partial charge in [-0.05, 0) is 52.3 Å². The number of amides is 1. The van der Waals surface area contributed by atoms with E-state index >= 15 is 0 Å². The smallest absolute Gasteiger partial charge is 0.255 e. The lowest BCUT2D eigenvalue weighted by Crippen LogP contribution is -2.13. The van der Waals surface area contributed by atoms with Crippen LogP contribution in [-0.4, -0.2) is 5.91 Å². The first-order valence-electron chi connectivity index (χ1n) is 5.28. The van der Waals surface area contributed by atoms with Gasteiger partial charge in [0.15, 0.2) is 0 Å². The number of hydrogen-bond donors (Lipinski definition) is 2. The molecule has 2 aromatic carbocycles. The second-order valence-electron chi connectivity index (χ2n) is 3.85. The van der Waals surface area contributed by atoms with Crippen molar-refractivity contribution in [2.24, 2.45) is 0 Å². The van der Waals surface area contributed by atoms with Crippen LogP contribution in [0.5, 0.6) is 0 Å². The van der Waals surface area contributed by atoms with Gasteiger partial charge in [0.1, 0.15) is 5.82 Å². The van der Waals surface area contributed by atoms with Gasteiger partial charge >= 0.3 is 0 Å². The van der Waals surface area contributed by atoms with Gasteiger partial charge in [0.05, 0.1) is 5.69 Å². The van der Waals surface area contributed by atoms with Gasteiger partial charge in [-0.3, -0.25) is 4.79 Å². The van der Waals surface area contributed by atoms with E-state index in [9.17, 15) is 9.18 Å². The summed E-state index contributed by atoms with van der Waals surface area (Å²) in [5.41, 5.74) is 6.33. The minimum Gasteiger partial charge on any atom is -0.399 e. The minimum atomic E-state index is -0.560. The van der Waals surface area contributed by atoms with E-state index in [1.54, 1.807) is 18.2 Å². The van der Waals surface area contributed by atoms with E-state index < -0.39 is 11.7 Å². The van der Waals surface area contributed by atoms with Crippen LogP contribution in [0, 0.1) is 5.82 Å². The number of anilines is 2. The fraction of sp³-hybridized carbons (Fsp3) is 0. The summed E-state index contributed by atoms with van der Waals surface area (Å²) in [6, 6.07) is 8.64. The molecule has 0 saturated heterocycles. The zero-order chi connectivity index (χ0) is 14.0. The average Bonchev–Trinajstić information content (AvgIpc) is 2.32. The highest BCUT2D eigenvalue weighted by Gasteiger charge is 2.10. The second-order valence-corrected chi connectivity index (χ2v) is 5.14. The molecular formula is C13H9BrClFN2O. The van der Waals surface area contributed by atoms with E-state index in [1.165, 1.54) is 6.07 Å². The van der Waals surface area contributed by atoms with Gasteiger partial charge in [0.2, 0.25) is 0 Å². The number of benzene rings is 2. The summed E-state index contributed by atoms with van der Waals surface area (Å²) in [5, 5.41) is 3.11. The van der Waals surface area contributed by atoms with E-state index in [1.807, 2.05) is 0 Å². The first-order valence-corrected chi connectivity index (χ1v) is 6.45. The molecule has 3 nitrogen and oxygen atoms in total. The van der Waals surface area contributed by atoms with E-state index in [0.29, 0.717) is 15.2 Å². The van der Waals surface area contributed by atoms with Crippen molar-refractivity contribution in [3.05, 3.63) is 57.3 Å². The lowest BCUT2D eigenvalue weighted by atomic mass is 10.2. The number of hydrogen-bond acceptors (Lipinski definition) is 2. The summed E-state index contributed by atoms with van der Waals surface area (Å²) >= 11 is 9.13. The Kier molecular flexibility index (Phi) is 4.07. The maximum Gasteiger partial charge on any atom is 0.255 e. The zero-order valence-electron chi connectivity index (χ0n) is 9.58. The Morgan fingerprint density at radius 1 is 1.26 bits per heavy atom. The Morgan fingerprint density at radius 2 is 2.00 bits per heavy atom. The minimum absolute atomic E-state index is 0.143. The van der Waals surface area contributed by atoms with Crippen LogP contribution >= 0.6 is 27.5 Å². The van der Waals surface area contributed by atoms with Crippen molar-refractivity contribution in [1.29, 1.82) is 0 Å². The number of nitrogens with one attached hydrogen (secondary N) is 1. The third-order valence-corrected chi connectivity index (χ3v) is 3.29. The van der Waals surface area contributed by atoms with Gasteiger partial charge in [-0.25, -0.2) is 4.39 Å². The molecule has 1 amide bonds. The molecule has 19 heavy (non-hydrogen) atoms. The number of rotatable bonds is 2. The fourth-order valence-corrected chi connectivity index (χ4v) is 2.05. The van der Waals surface area contributed by atoms with E-state index in [-0.39, 0.29) is 11.3 Å².